The van der Waals surface area contributed by atoms with Crippen molar-refractivity contribution in [2.45, 2.75) is 38.9 Å². The Bertz CT molecular complexity index is 1290. The van der Waals surface area contributed by atoms with Crippen molar-refractivity contribution >= 4 is 32.9 Å². The number of aromatic nitrogens is 4. The van der Waals surface area contributed by atoms with Crippen LogP contribution in [0.2, 0.25) is 0 Å². The van der Waals surface area contributed by atoms with Crippen molar-refractivity contribution in [2.75, 3.05) is 25.1 Å². The minimum atomic E-state index is -3.78. The molecule has 0 radical (unpaired) electrons. The summed E-state index contributed by atoms with van der Waals surface area (Å²) in [6.45, 7) is 5.84. The highest BCUT2D eigenvalue weighted by molar-refractivity contribution is 7.91. The van der Waals surface area contributed by atoms with Gasteiger partial charge in [-0.25, -0.2) is 22.6 Å². The number of nitrogens with two attached hydrogens (primary N) is 1. The predicted molar refractivity (Wildman–Crippen MR) is 118 cm³/mol. The molecule has 166 valence electrons. The summed E-state index contributed by atoms with van der Waals surface area (Å²) < 4.78 is 26.9. The quantitative estimate of drug-likeness (QED) is 0.569. The van der Waals surface area contributed by atoms with Crippen molar-refractivity contribution in [1.82, 2.24) is 24.0 Å². The Morgan fingerprint density at radius 3 is 2.39 bits per heavy atom. The minimum absolute atomic E-state index is 0.000109. The Balaban J connectivity index is 2.32. The molecule has 0 saturated carbocycles. The Hall–Kier alpha value is -3.21. The van der Waals surface area contributed by atoms with Crippen molar-refractivity contribution in [3.05, 3.63) is 45.9 Å². The maximum Gasteiger partial charge on any atom is 0.339 e. The van der Waals surface area contributed by atoms with E-state index < -0.39 is 26.7 Å². The van der Waals surface area contributed by atoms with Crippen LogP contribution in [0.1, 0.15) is 31.4 Å². The molecule has 0 bridgehead atoms. The number of carbonyl (C=O) groups is 1. The molecule has 0 aliphatic carbocycles. The van der Waals surface area contributed by atoms with Gasteiger partial charge >= 0.3 is 11.7 Å². The van der Waals surface area contributed by atoms with E-state index in [-0.39, 0.29) is 29.3 Å². The second-order valence-corrected chi connectivity index (χ2v) is 9.53. The molecule has 0 saturated heterocycles. The molecule has 31 heavy (non-hydrogen) atoms. The van der Waals surface area contributed by atoms with Gasteiger partial charge in [-0.3, -0.25) is 4.57 Å². The number of nitrogens with zero attached hydrogens (tertiary/aromatic N) is 5. The molecule has 0 aliphatic heterocycles. The molecular weight excluding hydrogens is 420 g/mol. The molecule has 2 aromatic heterocycles. The molecule has 3 rings (SSSR count). The Morgan fingerprint density at radius 2 is 1.81 bits per heavy atom. The van der Waals surface area contributed by atoms with Gasteiger partial charge in [0, 0.05) is 13.6 Å². The van der Waals surface area contributed by atoms with E-state index in [0.717, 1.165) is 15.7 Å². The fourth-order valence-corrected chi connectivity index (χ4v) is 3.94. The van der Waals surface area contributed by atoms with Crippen molar-refractivity contribution in [3.63, 3.8) is 0 Å². The number of amides is 1. The third kappa shape index (κ3) is 4.18. The number of nitrogen functional groups attached to an aromatic ring is 1. The summed E-state index contributed by atoms with van der Waals surface area (Å²) in [4.78, 5) is 35.8. The normalized spacial score (nSPS) is 11.7. The maximum absolute atomic E-state index is 13.3. The predicted octanol–water partition coefficient (Wildman–Crippen LogP) is 1.64. The first-order chi connectivity index (χ1) is 14.6. The zero-order chi connectivity index (χ0) is 22.9. The highest BCUT2D eigenvalue weighted by atomic mass is 32.2. The zero-order valence-electron chi connectivity index (χ0n) is 18.0. The van der Waals surface area contributed by atoms with Gasteiger partial charge in [0.25, 0.3) is 5.16 Å². The number of hydrogen-bond acceptors (Lipinski definition) is 7. The monoisotopic (exact) mass is 446 g/mol. The Labute approximate surface area is 180 Å². The fourth-order valence-electron chi connectivity index (χ4n) is 3.21. The summed E-state index contributed by atoms with van der Waals surface area (Å²) in [6.07, 6.45) is 0.698. The maximum atomic E-state index is 13.3. The largest absolute Gasteiger partial charge is 0.382 e. The van der Waals surface area contributed by atoms with Gasteiger partial charge in [-0.05, 0) is 18.9 Å². The van der Waals surface area contributed by atoms with Crippen molar-refractivity contribution in [3.8, 4) is 0 Å². The average molecular weight is 447 g/mol. The van der Waals surface area contributed by atoms with Gasteiger partial charge in [0.05, 0.1) is 12.3 Å². The number of fused-ring (bicyclic) bond motifs is 1. The molecule has 3 aromatic rings. The Morgan fingerprint density at radius 1 is 1.16 bits per heavy atom. The van der Waals surface area contributed by atoms with Gasteiger partial charge in [-0.15, -0.1) is 0 Å². The molecule has 11 heteroatoms. The number of sulfone groups is 1. The molecule has 0 unspecified atom stereocenters. The lowest BCUT2D eigenvalue weighted by Crippen LogP contribution is -2.38. The van der Waals surface area contributed by atoms with Crippen LogP contribution in [0.5, 0.6) is 0 Å². The number of hydrogen-bond donors (Lipinski definition) is 1. The third-order valence-electron chi connectivity index (χ3n) is 4.97. The molecular formula is C20H26N6O4S. The van der Waals surface area contributed by atoms with E-state index in [1.807, 2.05) is 38.1 Å². The standard InChI is InChI=1S/C20H26N6O4S/c1-5-11-24(4)19(27)26-15-16(21)22-18(31(29,30)6-2)23-17(15)25(20(26)28)12-14-9-7-13(3)8-10-14/h7-10H,5-6,11-12H2,1-4H3,(H2,21,22,23). The summed E-state index contributed by atoms with van der Waals surface area (Å²) in [5.41, 5.74) is 7.25. The number of carbonyl (C=O) groups excluding carboxylic acids is 1. The number of aryl methyl sites for hydroxylation is 1. The van der Waals surface area contributed by atoms with Gasteiger partial charge in [0.2, 0.25) is 9.84 Å². The molecule has 10 nitrogen and oxygen atoms in total. The van der Waals surface area contributed by atoms with E-state index in [9.17, 15) is 18.0 Å². The van der Waals surface area contributed by atoms with Gasteiger partial charge < -0.3 is 10.6 Å². The van der Waals surface area contributed by atoms with Crippen LogP contribution in [0.4, 0.5) is 10.6 Å². The highest BCUT2D eigenvalue weighted by Crippen LogP contribution is 2.21. The summed E-state index contributed by atoms with van der Waals surface area (Å²) in [7, 11) is -2.20. The number of imidazole rings is 1. The van der Waals surface area contributed by atoms with E-state index in [1.165, 1.54) is 16.4 Å². The van der Waals surface area contributed by atoms with Crippen LogP contribution in [-0.2, 0) is 16.4 Å². The van der Waals surface area contributed by atoms with Crippen molar-refractivity contribution < 1.29 is 13.2 Å². The SMILES string of the molecule is CCCN(C)C(=O)n1c(=O)n(Cc2ccc(C)cc2)c2nc(S(=O)(=O)CC)nc(N)c21. The lowest BCUT2D eigenvalue weighted by molar-refractivity contribution is 0.210. The van der Waals surface area contributed by atoms with E-state index in [0.29, 0.717) is 13.0 Å². The molecule has 0 aliphatic rings. The first-order valence-corrected chi connectivity index (χ1v) is 11.6. The molecule has 2 heterocycles. The minimum Gasteiger partial charge on any atom is -0.382 e. The first kappa shape index (κ1) is 22.5. The van der Waals surface area contributed by atoms with Crippen molar-refractivity contribution in [1.29, 1.82) is 0 Å². The highest BCUT2D eigenvalue weighted by Gasteiger charge is 2.27. The molecule has 1 aromatic carbocycles. The molecule has 0 spiro atoms. The van der Waals surface area contributed by atoms with Crippen LogP contribution in [-0.4, -0.2) is 57.8 Å². The van der Waals surface area contributed by atoms with E-state index in [4.69, 9.17) is 5.73 Å². The smallest absolute Gasteiger partial charge is 0.339 e. The first-order valence-electron chi connectivity index (χ1n) is 9.93. The van der Waals surface area contributed by atoms with Crippen LogP contribution in [0, 0.1) is 6.92 Å². The lowest BCUT2D eigenvalue weighted by atomic mass is 10.1. The number of benzene rings is 1. The second-order valence-electron chi connectivity index (χ2n) is 7.36. The summed E-state index contributed by atoms with van der Waals surface area (Å²) in [5.74, 6) is -0.464. The van der Waals surface area contributed by atoms with Gasteiger partial charge in [0.1, 0.15) is 5.52 Å². The van der Waals surface area contributed by atoms with Crippen LogP contribution in [0.15, 0.2) is 34.2 Å². The van der Waals surface area contributed by atoms with Crippen molar-refractivity contribution in [2.24, 2.45) is 0 Å². The van der Waals surface area contributed by atoms with E-state index in [2.05, 4.69) is 9.97 Å². The van der Waals surface area contributed by atoms with Gasteiger partial charge in [-0.2, -0.15) is 9.97 Å². The zero-order valence-corrected chi connectivity index (χ0v) is 18.8. The van der Waals surface area contributed by atoms with E-state index in [1.54, 1.807) is 7.05 Å². The molecule has 1 amide bonds. The lowest BCUT2D eigenvalue weighted by Gasteiger charge is -2.16. The average Bonchev–Trinajstić information content (AvgIpc) is 3.01. The van der Waals surface area contributed by atoms with Gasteiger partial charge in [0.15, 0.2) is 11.5 Å². The van der Waals surface area contributed by atoms with Crippen LogP contribution < -0.4 is 11.4 Å². The Kier molecular flexibility index (Phi) is 6.16. The van der Waals surface area contributed by atoms with Crippen LogP contribution in [0.3, 0.4) is 0 Å². The third-order valence-corrected chi connectivity index (χ3v) is 6.47. The molecule has 0 atom stereocenters. The fraction of sp³-hybridized carbons (Fsp3) is 0.400. The van der Waals surface area contributed by atoms with Gasteiger partial charge in [-0.1, -0.05) is 43.7 Å². The number of rotatable bonds is 6. The summed E-state index contributed by atoms with van der Waals surface area (Å²) in [6, 6.07) is 6.92. The molecule has 2 N–H and O–H groups in total. The van der Waals surface area contributed by atoms with Crippen LogP contribution >= 0.6 is 0 Å². The van der Waals surface area contributed by atoms with E-state index >= 15 is 0 Å². The number of anilines is 1. The topological polar surface area (TPSA) is 133 Å². The second kappa shape index (κ2) is 8.50. The molecule has 0 fully saturated rings. The summed E-state index contributed by atoms with van der Waals surface area (Å²) >= 11 is 0. The summed E-state index contributed by atoms with van der Waals surface area (Å²) in [5, 5.41) is -0.468. The van der Waals surface area contributed by atoms with Crippen LogP contribution in [0.25, 0.3) is 11.2 Å².